The van der Waals surface area contributed by atoms with Crippen LogP contribution in [0.2, 0.25) is 0 Å². The molecule has 0 saturated carbocycles. The van der Waals surface area contributed by atoms with E-state index >= 15 is 0 Å². The van der Waals surface area contributed by atoms with Crippen molar-refractivity contribution in [1.29, 1.82) is 0 Å². The molecule has 0 aromatic rings. The molecule has 1 aliphatic heterocycles. The zero-order valence-corrected chi connectivity index (χ0v) is 18.6. The molecule has 1 fully saturated rings. The monoisotopic (exact) mass is 454 g/mol. The van der Waals surface area contributed by atoms with E-state index in [1.54, 1.807) is 0 Å². The van der Waals surface area contributed by atoms with E-state index in [2.05, 4.69) is 48.2 Å². The molecule has 6 heteroatoms. The third kappa shape index (κ3) is 10.7. The number of piperidine rings is 1. The van der Waals surface area contributed by atoms with Crippen LogP contribution in [0, 0.1) is 11.8 Å². The second kappa shape index (κ2) is 14.1. The predicted octanol–water partition coefficient (Wildman–Crippen LogP) is 2.95. The highest BCUT2D eigenvalue weighted by Gasteiger charge is 2.20. The number of hydrogen-bond donors (Lipinski definition) is 2. The summed E-state index contributed by atoms with van der Waals surface area (Å²) in [5.41, 5.74) is 0. The zero-order valence-electron chi connectivity index (χ0n) is 16.3. The van der Waals surface area contributed by atoms with Crippen molar-refractivity contribution in [3.05, 3.63) is 0 Å². The van der Waals surface area contributed by atoms with E-state index in [9.17, 15) is 0 Å². The first-order valence-electron chi connectivity index (χ1n) is 9.29. The lowest BCUT2D eigenvalue weighted by Crippen LogP contribution is -2.48. The van der Waals surface area contributed by atoms with E-state index in [0.29, 0.717) is 12.0 Å². The standard InChI is InChI=1S/C18H38N4O.HI/c1-15(2)14-23-12-6-9-20-18(19-5)21-13-17(4)22-10-7-16(3)8-11-22;/h15-17H,6-14H2,1-5H3,(H2,19,20,21);1H. The Bertz CT molecular complexity index is 331. The normalized spacial score (nSPS) is 18.3. The van der Waals surface area contributed by atoms with Gasteiger partial charge in [-0.3, -0.25) is 9.89 Å². The first-order chi connectivity index (χ1) is 11.0. The molecule has 1 rings (SSSR count). The minimum Gasteiger partial charge on any atom is -0.381 e. The first-order valence-corrected chi connectivity index (χ1v) is 9.29. The van der Waals surface area contributed by atoms with Gasteiger partial charge >= 0.3 is 0 Å². The Morgan fingerprint density at radius 3 is 2.46 bits per heavy atom. The first kappa shape index (κ1) is 23.9. The molecule has 5 nitrogen and oxygen atoms in total. The Balaban J connectivity index is 0.00000529. The van der Waals surface area contributed by atoms with Gasteiger partial charge in [-0.2, -0.15) is 0 Å². The maximum atomic E-state index is 5.59. The number of nitrogens with zero attached hydrogens (tertiary/aromatic N) is 2. The molecule has 2 N–H and O–H groups in total. The van der Waals surface area contributed by atoms with Crippen molar-refractivity contribution in [3.8, 4) is 0 Å². The molecule has 0 aliphatic carbocycles. The molecule has 1 unspecified atom stereocenters. The average Bonchev–Trinajstić information content (AvgIpc) is 2.53. The summed E-state index contributed by atoms with van der Waals surface area (Å²) in [6, 6.07) is 0.551. The molecule has 1 atom stereocenters. The molecule has 0 bridgehead atoms. The fourth-order valence-corrected chi connectivity index (χ4v) is 2.76. The van der Waals surface area contributed by atoms with Gasteiger partial charge < -0.3 is 15.4 Å². The van der Waals surface area contributed by atoms with Crippen molar-refractivity contribution < 1.29 is 4.74 Å². The minimum atomic E-state index is 0. The molecular formula is C18H39IN4O. The molecule has 24 heavy (non-hydrogen) atoms. The second-order valence-electron chi connectivity index (χ2n) is 7.27. The van der Waals surface area contributed by atoms with Gasteiger partial charge in [0.05, 0.1) is 0 Å². The summed E-state index contributed by atoms with van der Waals surface area (Å²) >= 11 is 0. The maximum absolute atomic E-state index is 5.59. The van der Waals surface area contributed by atoms with Crippen molar-refractivity contribution in [1.82, 2.24) is 15.5 Å². The number of halogens is 1. The summed E-state index contributed by atoms with van der Waals surface area (Å²) in [4.78, 5) is 6.88. The summed E-state index contributed by atoms with van der Waals surface area (Å²) in [6.07, 6.45) is 3.66. The van der Waals surface area contributed by atoms with E-state index in [1.807, 2.05) is 7.05 Å². The van der Waals surface area contributed by atoms with Gasteiger partial charge in [0.1, 0.15) is 0 Å². The number of rotatable bonds is 9. The van der Waals surface area contributed by atoms with E-state index < -0.39 is 0 Å². The van der Waals surface area contributed by atoms with Crippen LogP contribution in [0.3, 0.4) is 0 Å². The van der Waals surface area contributed by atoms with Gasteiger partial charge in [-0.1, -0.05) is 20.8 Å². The summed E-state index contributed by atoms with van der Waals surface area (Å²) in [5.74, 6) is 2.39. The number of ether oxygens (including phenoxy) is 1. The number of aliphatic imine (C=N–C) groups is 1. The lowest BCUT2D eigenvalue weighted by Gasteiger charge is -2.35. The Kier molecular flexibility index (Phi) is 14.1. The molecule has 0 radical (unpaired) electrons. The van der Waals surface area contributed by atoms with E-state index in [0.717, 1.165) is 44.6 Å². The summed E-state index contributed by atoms with van der Waals surface area (Å²) in [7, 11) is 1.83. The number of hydrogen-bond acceptors (Lipinski definition) is 3. The van der Waals surface area contributed by atoms with Gasteiger partial charge in [0.25, 0.3) is 0 Å². The van der Waals surface area contributed by atoms with Crippen LogP contribution in [0.25, 0.3) is 0 Å². The molecule has 0 spiro atoms. The molecule has 0 amide bonds. The van der Waals surface area contributed by atoms with Crippen molar-refractivity contribution in [2.75, 3.05) is 46.4 Å². The maximum Gasteiger partial charge on any atom is 0.191 e. The van der Waals surface area contributed by atoms with Gasteiger partial charge in [0.15, 0.2) is 5.96 Å². The van der Waals surface area contributed by atoms with Crippen LogP contribution in [-0.2, 0) is 4.74 Å². The molecule has 1 saturated heterocycles. The number of nitrogens with one attached hydrogen (secondary N) is 2. The van der Waals surface area contributed by atoms with E-state index in [-0.39, 0.29) is 24.0 Å². The highest BCUT2D eigenvalue weighted by molar-refractivity contribution is 14.0. The van der Waals surface area contributed by atoms with Gasteiger partial charge in [0.2, 0.25) is 0 Å². The van der Waals surface area contributed by atoms with Crippen LogP contribution in [-0.4, -0.2) is 63.3 Å². The van der Waals surface area contributed by atoms with Gasteiger partial charge in [-0.05, 0) is 51.1 Å². The molecule has 0 aromatic heterocycles. The predicted molar refractivity (Wildman–Crippen MR) is 114 cm³/mol. The number of likely N-dealkylation sites (tertiary alicyclic amines) is 1. The summed E-state index contributed by atoms with van der Waals surface area (Å²) in [6.45, 7) is 15.0. The third-order valence-corrected chi connectivity index (χ3v) is 4.44. The topological polar surface area (TPSA) is 48.9 Å². The molecule has 144 valence electrons. The average molecular weight is 454 g/mol. The summed E-state index contributed by atoms with van der Waals surface area (Å²) in [5, 5.41) is 6.81. The number of guanidine groups is 1. The lowest BCUT2D eigenvalue weighted by molar-refractivity contribution is 0.108. The van der Waals surface area contributed by atoms with E-state index in [1.165, 1.54) is 25.9 Å². The Labute approximate surface area is 166 Å². The van der Waals surface area contributed by atoms with Crippen LogP contribution < -0.4 is 10.6 Å². The molecular weight excluding hydrogens is 415 g/mol. The lowest BCUT2D eigenvalue weighted by atomic mass is 9.98. The fourth-order valence-electron chi connectivity index (χ4n) is 2.76. The SMILES string of the molecule is CN=C(NCCCOCC(C)C)NCC(C)N1CCC(C)CC1.I. The third-order valence-electron chi connectivity index (χ3n) is 4.44. The highest BCUT2D eigenvalue weighted by Crippen LogP contribution is 2.17. The van der Waals surface area contributed by atoms with Crippen molar-refractivity contribution in [2.24, 2.45) is 16.8 Å². The Morgan fingerprint density at radius 2 is 1.88 bits per heavy atom. The highest BCUT2D eigenvalue weighted by atomic mass is 127. The van der Waals surface area contributed by atoms with Crippen LogP contribution in [0.15, 0.2) is 4.99 Å². The van der Waals surface area contributed by atoms with Gasteiger partial charge in [0, 0.05) is 39.4 Å². The molecule has 0 aromatic carbocycles. The van der Waals surface area contributed by atoms with Gasteiger partial charge in [-0.25, -0.2) is 0 Å². The van der Waals surface area contributed by atoms with Crippen molar-refractivity contribution in [3.63, 3.8) is 0 Å². The largest absolute Gasteiger partial charge is 0.381 e. The van der Waals surface area contributed by atoms with Crippen LogP contribution in [0.1, 0.15) is 47.0 Å². The second-order valence-corrected chi connectivity index (χ2v) is 7.27. The quantitative estimate of drug-likeness (QED) is 0.244. The van der Waals surface area contributed by atoms with Crippen molar-refractivity contribution >= 4 is 29.9 Å². The van der Waals surface area contributed by atoms with E-state index in [4.69, 9.17) is 4.74 Å². The van der Waals surface area contributed by atoms with Crippen LogP contribution >= 0.6 is 24.0 Å². The van der Waals surface area contributed by atoms with Crippen LogP contribution in [0.4, 0.5) is 0 Å². The molecule has 1 aliphatic rings. The zero-order chi connectivity index (χ0) is 17.1. The van der Waals surface area contributed by atoms with Crippen molar-refractivity contribution in [2.45, 2.75) is 53.0 Å². The van der Waals surface area contributed by atoms with Gasteiger partial charge in [-0.15, -0.1) is 24.0 Å². The summed E-state index contributed by atoms with van der Waals surface area (Å²) < 4.78 is 5.59. The molecule has 1 heterocycles. The fraction of sp³-hybridized carbons (Fsp3) is 0.944. The minimum absolute atomic E-state index is 0. The Morgan fingerprint density at radius 1 is 1.21 bits per heavy atom. The smallest absolute Gasteiger partial charge is 0.191 e. The van der Waals surface area contributed by atoms with Crippen LogP contribution in [0.5, 0.6) is 0 Å². The Hall–Kier alpha value is -0.0800.